The monoisotopic (exact) mass is 260 g/mol. The van der Waals surface area contributed by atoms with E-state index in [1.807, 2.05) is 30.3 Å². The number of hydrogen-bond acceptors (Lipinski definition) is 3. The lowest BCUT2D eigenvalue weighted by molar-refractivity contribution is -0.142. The smallest absolute Gasteiger partial charge is 0.325 e. The van der Waals surface area contributed by atoms with Gasteiger partial charge < -0.3 is 15.7 Å². The standard InChI is InChI=1S/C14H16N2O3/c15-14(13(18)19)8-9-16(10-14)12(17)7-6-11-4-2-1-3-5-11/h1-7H,8-10,15H2,(H,18,19)/b7-6+. The van der Waals surface area contributed by atoms with Crippen molar-refractivity contribution in [2.75, 3.05) is 13.1 Å². The lowest BCUT2D eigenvalue weighted by Crippen LogP contribution is -2.50. The van der Waals surface area contributed by atoms with Crippen LogP contribution in [0.3, 0.4) is 0 Å². The van der Waals surface area contributed by atoms with Gasteiger partial charge in [0.15, 0.2) is 0 Å². The number of benzene rings is 1. The van der Waals surface area contributed by atoms with Gasteiger partial charge in [-0.2, -0.15) is 0 Å². The van der Waals surface area contributed by atoms with E-state index in [1.165, 1.54) is 11.0 Å². The summed E-state index contributed by atoms with van der Waals surface area (Å²) >= 11 is 0. The van der Waals surface area contributed by atoms with Crippen molar-refractivity contribution >= 4 is 18.0 Å². The minimum absolute atomic E-state index is 0.0558. The topological polar surface area (TPSA) is 83.6 Å². The molecule has 1 atom stereocenters. The number of likely N-dealkylation sites (tertiary alicyclic amines) is 1. The van der Waals surface area contributed by atoms with E-state index in [2.05, 4.69) is 0 Å². The first kappa shape index (κ1) is 13.3. The second-order valence-corrected chi connectivity index (χ2v) is 4.72. The highest BCUT2D eigenvalue weighted by Gasteiger charge is 2.42. The maximum Gasteiger partial charge on any atom is 0.325 e. The second-order valence-electron chi connectivity index (χ2n) is 4.72. The molecule has 1 aliphatic heterocycles. The van der Waals surface area contributed by atoms with Gasteiger partial charge in [-0.3, -0.25) is 9.59 Å². The molecule has 5 heteroatoms. The Morgan fingerprint density at radius 2 is 2.00 bits per heavy atom. The number of amides is 1. The van der Waals surface area contributed by atoms with Crippen LogP contribution < -0.4 is 5.73 Å². The first-order valence-electron chi connectivity index (χ1n) is 6.06. The van der Waals surface area contributed by atoms with Crippen LogP contribution in [0.4, 0.5) is 0 Å². The van der Waals surface area contributed by atoms with Crippen molar-refractivity contribution in [2.24, 2.45) is 5.73 Å². The minimum Gasteiger partial charge on any atom is -0.480 e. The van der Waals surface area contributed by atoms with Crippen LogP contribution in [-0.4, -0.2) is 40.5 Å². The van der Waals surface area contributed by atoms with Gasteiger partial charge in [-0.25, -0.2) is 0 Å². The van der Waals surface area contributed by atoms with Crippen molar-refractivity contribution < 1.29 is 14.7 Å². The van der Waals surface area contributed by atoms with E-state index < -0.39 is 11.5 Å². The molecule has 1 aromatic carbocycles. The van der Waals surface area contributed by atoms with Gasteiger partial charge in [0.2, 0.25) is 5.91 Å². The van der Waals surface area contributed by atoms with Gasteiger partial charge in [0, 0.05) is 19.2 Å². The second kappa shape index (κ2) is 5.24. The molecule has 0 saturated carbocycles. The fraction of sp³-hybridized carbons (Fsp3) is 0.286. The summed E-state index contributed by atoms with van der Waals surface area (Å²) in [4.78, 5) is 24.4. The Morgan fingerprint density at radius 3 is 2.58 bits per heavy atom. The summed E-state index contributed by atoms with van der Waals surface area (Å²) in [5.74, 6) is -1.27. The molecule has 1 heterocycles. The molecule has 1 unspecified atom stereocenters. The summed E-state index contributed by atoms with van der Waals surface area (Å²) in [6, 6.07) is 9.44. The number of nitrogens with two attached hydrogens (primary N) is 1. The van der Waals surface area contributed by atoms with E-state index >= 15 is 0 Å². The van der Waals surface area contributed by atoms with Crippen molar-refractivity contribution in [1.82, 2.24) is 4.90 Å². The molecule has 1 fully saturated rings. The Labute approximate surface area is 111 Å². The summed E-state index contributed by atoms with van der Waals surface area (Å²) in [7, 11) is 0. The third-order valence-electron chi connectivity index (χ3n) is 3.26. The molecule has 0 aliphatic carbocycles. The largest absolute Gasteiger partial charge is 0.480 e. The van der Waals surface area contributed by atoms with E-state index in [0.717, 1.165) is 5.56 Å². The summed E-state index contributed by atoms with van der Waals surface area (Å²) < 4.78 is 0. The minimum atomic E-state index is -1.31. The molecule has 0 aromatic heterocycles. The van der Waals surface area contributed by atoms with E-state index in [1.54, 1.807) is 6.08 Å². The Kier molecular flexibility index (Phi) is 3.66. The summed E-state index contributed by atoms with van der Waals surface area (Å²) in [6.07, 6.45) is 3.44. The summed E-state index contributed by atoms with van der Waals surface area (Å²) in [5, 5.41) is 9.00. The van der Waals surface area contributed by atoms with Gasteiger partial charge in [-0.1, -0.05) is 30.3 Å². The fourth-order valence-corrected chi connectivity index (χ4v) is 2.03. The number of carboxylic acids is 1. The molecular weight excluding hydrogens is 244 g/mol. The number of rotatable bonds is 3. The van der Waals surface area contributed by atoms with E-state index in [-0.39, 0.29) is 18.9 Å². The van der Waals surface area contributed by atoms with Gasteiger partial charge in [-0.15, -0.1) is 0 Å². The predicted octanol–water partition coefficient (Wildman–Crippen LogP) is 0.714. The van der Waals surface area contributed by atoms with Gasteiger partial charge in [0.25, 0.3) is 0 Å². The van der Waals surface area contributed by atoms with Crippen LogP contribution in [0.15, 0.2) is 36.4 Å². The number of carboxylic acid groups (broad SMARTS) is 1. The van der Waals surface area contributed by atoms with Crippen molar-refractivity contribution in [3.8, 4) is 0 Å². The van der Waals surface area contributed by atoms with Crippen LogP contribution in [0.25, 0.3) is 6.08 Å². The average Bonchev–Trinajstić information content (AvgIpc) is 2.81. The zero-order valence-corrected chi connectivity index (χ0v) is 10.5. The molecule has 100 valence electrons. The Hall–Kier alpha value is -2.14. The number of carbonyl (C=O) groups excluding carboxylic acids is 1. The summed E-state index contributed by atoms with van der Waals surface area (Å²) in [6.45, 7) is 0.432. The molecule has 0 bridgehead atoms. The third kappa shape index (κ3) is 3.00. The number of carbonyl (C=O) groups is 2. The van der Waals surface area contributed by atoms with Crippen molar-refractivity contribution in [3.05, 3.63) is 42.0 Å². The Balaban J connectivity index is 1.99. The quantitative estimate of drug-likeness (QED) is 0.784. The van der Waals surface area contributed by atoms with E-state index in [0.29, 0.717) is 6.54 Å². The molecule has 3 N–H and O–H groups in total. The van der Waals surface area contributed by atoms with Crippen LogP contribution in [0.2, 0.25) is 0 Å². The number of nitrogens with zero attached hydrogens (tertiary/aromatic N) is 1. The molecule has 1 aliphatic rings. The highest BCUT2D eigenvalue weighted by molar-refractivity contribution is 5.93. The first-order valence-corrected chi connectivity index (χ1v) is 6.06. The van der Waals surface area contributed by atoms with Crippen molar-refractivity contribution in [3.63, 3.8) is 0 Å². The van der Waals surface area contributed by atoms with E-state index in [9.17, 15) is 9.59 Å². The van der Waals surface area contributed by atoms with Gasteiger partial charge in [0.05, 0.1) is 0 Å². The van der Waals surface area contributed by atoms with Crippen LogP contribution in [0.1, 0.15) is 12.0 Å². The molecule has 1 aromatic rings. The van der Waals surface area contributed by atoms with Gasteiger partial charge >= 0.3 is 5.97 Å². The SMILES string of the molecule is NC1(C(=O)O)CCN(C(=O)/C=C/c2ccccc2)C1. The lowest BCUT2D eigenvalue weighted by Gasteiger charge is -2.18. The molecule has 1 amide bonds. The fourth-order valence-electron chi connectivity index (χ4n) is 2.03. The predicted molar refractivity (Wildman–Crippen MR) is 71.2 cm³/mol. The molecule has 0 spiro atoms. The number of hydrogen-bond donors (Lipinski definition) is 2. The highest BCUT2D eigenvalue weighted by atomic mass is 16.4. The summed E-state index contributed by atoms with van der Waals surface area (Å²) in [5.41, 5.74) is 5.33. The first-order chi connectivity index (χ1) is 9.01. The normalized spacial score (nSPS) is 22.9. The molecule has 19 heavy (non-hydrogen) atoms. The maximum atomic E-state index is 11.9. The Bertz CT molecular complexity index is 513. The lowest BCUT2D eigenvalue weighted by atomic mass is 10.0. The average molecular weight is 260 g/mol. The van der Waals surface area contributed by atoms with Crippen LogP contribution >= 0.6 is 0 Å². The van der Waals surface area contributed by atoms with Crippen LogP contribution in [0.5, 0.6) is 0 Å². The van der Waals surface area contributed by atoms with Gasteiger partial charge in [0.1, 0.15) is 5.54 Å². The molecule has 5 nitrogen and oxygen atoms in total. The molecule has 1 saturated heterocycles. The van der Waals surface area contributed by atoms with E-state index in [4.69, 9.17) is 10.8 Å². The zero-order chi connectivity index (χ0) is 13.9. The zero-order valence-electron chi connectivity index (χ0n) is 10.5. The van der Waals surface area contributed by atoms with Crippen molar-refractivity contribution in [2.45, 2.75) is 12.0 Å². The van der Waals surface area contributed by atoms with Crippen molar-refractivity contribution in [1.29, 1.82) is 0 Å². The molecule has 0 radical (unpaired) electrons. The molecule has 2 rings (SSSR count). The van der Waals surface area contributed by atoms with Gasteiger partial charge in [-0.05, 0) is 18.1 Å². The van der Waals surface area contributed by atoms with Crippen LogP contribution in [0, 0.1) is 0 Å². The Morgan fingerprint density at radius 1 is 1.32 bits per heavy atom. The highest BCUT2D eigenvalue weighted by Crippen LogP contribution is 2.19. The molecular formula is C14H16N2O3. The third-order valence-corrected chi connectivity index (χ3v) is 3.26. The maximum absolute atomic E-state index is 11.9. The number of aliphatic carboxylic acids is 1. The van der Waals surface area contributed by atoms with Crippen LogP contribution in [-0.2, 0) is 9.59 Å².